The average Bonchev–Trinajstić information content (AvgIpc) is 3.38. The molecule has 0 unspecified atom stereocenters. The number of hydrogen-bond donors (Lipinski definition) is 1. The Kier molecular flexibility index (Phi) is 8.60. The van der Waals surface area contributed by atoms with Crippen LogP contribution >= 0.6 is 0 Å². The summed E-state index contributed by atoms with van der Waals surface area (Å²) in [6.45, 7) is 4.31. The molecule has 4 rings (SSSR count). The highest BCUT2D eigenvalue weighted by Crippen LogP contribution is 2.42. The van der Waals surface area contributed by atoms with Gasteiger partial charge in [0.05, 0.1) is 30.6 Å². The SMILES string of the molecule is C=CCC[C@@](CCN(C)S(=O)(=O)c1ccccc1)(C1=N[C@H]2CCCC[C@@H]2N1)c1ccc(OC)c(OC)c1. The highest BCUT2D eigenvalue weighted by molar-refractivity contribution is 7.89. The van der Waals surface area contributed by atoms with Crippen LogP contribution in [0.4, 0.5) is 0 Å². The second kappa shape index (κ2) is 11.7. The zero-order valence-corrected chi connectivity index (χ0v) is 23.0. The van der Waals surface area contributed by atoms with Crippen LogP contribution < -0.4 is 14.8 Å². The molecule has 2 aromatic rings. The summed E-state index contributed by atoms with van der Waals surface area (Å²) >= 11 is 0. The molecule has 200 valence electrons. The lowest BCUT2D eigenvalue weighted by Crippen LogP contribution is -2.48. The van der Waals surface area contributed by atoms with Gasteiger partial charge in [0.15, 0.2) is 11.5 Å². The van der Waals surface area contributed by atoms with Gasteiger partial charge >= 0.3 is 0 Å². The molecule has 3 atom stereocenters. The lowest BCUT2D eigenvalue weighted by Gasteiger charge is -2.37. The normalized spacial score (nSPS) is 20.9. The lowest BCUT2D eigenvalue weighted by molar-refractivity contribution is 0.351. The molecule has 0 radical (unpaired) electrons. The molecule has 1 fully saturated rings. The van der Waals surface area contributed by atoms with Crippen molar-refractivity contribution in [2.24, 2.45) is 4.99 Å². The monoisotopic (exact) mass is 525 g/mol. The molecule has 2 aliphatic rings. The predicted octanol–water partition coefficient (Wildman–Crippen LogP) is 4.93. The number of amidine groups is 1. The van der Waals surface area contributed by atoms with Crippen LogP contribution in [0.25, 0.3) is 0 Å². The standard InChI is InChI=1S/C29H39N3O4S/c1-5-6-18-29(22-16-17-26(35-3)27(21-22)36-4,28-30-24-14-10-11-15-25(24)31-28)19-20-32(2)37(33,34)23-12-8-7-9-13-23/h5,7-9,12-13,16-17,21,24-25H,1,6,10-11,14-15,18-20H2,2-4H3,(H,30,31)/t24-,25-,29-/m0/s1. The molecule has 0 aromatic heterocycles. The number of rotatable bonds is 12. The van der Waals surface area contributed by atoms with E-state index in [1.807, 2.05) is 24.3 Å². The molecule has 1 aliphatic heterocycles. The van der Waals surface area contributed by atoms with E-state index in [-0.39, 0.29) is 6.04 Å². The van der Waals surface area contributed by atoms with Crippen molar-refractivity contribution >= 4 is 15.9 Å². The molecule has 1 heterocycles. The van der Waals surface area contributed by atoms with Crippen molar-refractivity contribution in [3.05, 3.63) is 66.7 Å². The Hall–Kier alpha value is -2.84. The molecule has 8 heteroatoms. The summed E-state index contributed by atoms with van der Waals surface area (Å²) in [5, 5.41) is 3.78. The molecular weight excluding hydrogens is 486 g/mol. The smallest absolute Gasteiger partial charge is 0.242 e. The Morgan fingerprint density at radius 2 is 1.81 bits per heavy atom. The summed E-state index contributed by atoms with van der Waals surface area (Å²) < 4.78 is 39.3. The second-order valence-corrected chi connectivity index (χ2v) is 12.0. The van der Waals surface area contributed by atoms with Gasteiger partial charge in [0.25, 0.3) is 0 Å². The van der Waals surface area contributed by atoms with Gasteiger partial charge in [-0.15, -0.1) is 6.58 Å². The van der Waals surface area contributed by atoms with Crippen LogP contribution in [-0.4, -0.2) is 58.5 Å². The third-order valence-electron chi connectivity index (χ3n) is 7.82. The number of methoxy groups -OCH3 is 2. The number of allylic oxidation sites excluding steroid dienone is 1. The van der Waals surface area contributed by atoms with Crippen molar-refractivity contribution < 1.29 is 17.9 Å². The van der Waals surface area contributed by atoms with Gasteiger partial charge in [0.1, 0.15) is 5.84 Å². The third-order valence-corrected chi connectivity index (χ3v) is 9.69. The van der Waals surface area contributed by atoms with Gasteiger partial charge < -0.3 is 14.8 Å². The highest BCUT2D eigenvalue weighted by Gasteiger charge is 2.44. The van der Waals surface area contributed by atoms with Crippen molar-refractivity contribution in [3.63, 3.8) is 0 Å². The van der Waals surface area contributed by atoms with E-state index in [1.54, 1.807) is 45.5 Å². The predicted molar refractivity (Wildman–Crippen MR) is 148 cm³/mol. The number of sulfonamides is 1. The van der Waals surface area contributed by atoms with Crippen LogP contribution in [0.2, 0.25) is 0 Å². The molecule has 0 bridgehead atoms. The first-order valence-electron chi connectivity index (χ1n) is 13.1. The molecular formula is C29H39N3O4S. The number of fused-ring (bicyclic) bond motifs is 1. The van der Waals surface area contributed by atoms with E-state index in [1.165, 1.54) is 17.1 Å². The van der Waals surface area contributed by atoms with Crippen LogP contribution in [-0.2, 0) is 15.4 Å². The van der Waals surface area contributed by atoms with E-state index < -0.39 is 15.4 Å². The molecule has 7 nitrogen and oxygen atoms in total. The van der Waals surface area contributed by atoms with E-state index in [0.29, 0.717) is 35.4 Å². The Morgan fingerprint density at radius 1 is 1.08 bits per heavy atom. The summed E-state index contributed by atoms with van der Waals surface area (Å²) in [5.41, 5.74) is 0.494. The maximum Gasteiger partial charge on any atom is 0.242 e. The van der Waals surface area contributed by atoms with Crippen molar-refractivity contribution in [3.8, 4) is 11.5 Å². The summed E-state index contributed by atoms with van der Waals surface area (Å²) in [6, 6.07) is 15.2. The molecule has 1 N–H and O–H groups in total. The van der Waals surface area contributed by atoms with Gasteiger partial charge in [0.2, 0.25) is 10.0 Å². The Bertz CT molecular complexity index is 1210. The molecule has 2 aromatic carbocycles. The number of aliphatic imine (C=N–C) groups is 1. The van der Waals surface area contributed by atoms with E-state index in [0.717, 1.165) is 37.1 Å². The fraction of sp³-hybridized carbons (Fsp3) is 0.483. The quantitative estimate of drug-likeness (QED) is 0.398. The lowest BCUT2D eigenvalue weighted by atomic mass is 9.72. The number of hydrogen-bond acceptors (Lipinski definition) is 6. The van der Waals surface area contributed by atoms with Crippen molar-refractivity contribution in [1.29, 1.82) is 0 Å². The van der Waals surface area contributed by atoms with Gasteiger partial charge in [-0.3, -0.25) is 4.99 Å². The van der Waals surface area contributed by atoms with E-state index >= 15 is 0 Å². The number of ether oxygens (including phenoxy) is 2. The second-order valence-electron chi connectivity index (χ2n) is 9.95. The van der Waals surface area contributed by atoms with Gasteiger partial charge in [0, 0.05) is 19.6 Å². The third kappa shape index (κ3) is 5.55. The molecule has 0 amide bonds. The zero-order valence-electron chi connectivity index (χ0n) is 22.2. The zero-order chi connectivity index (χ0) is 26.5. The molecule has 0 spiro atoms. The highest BCUT2D eigenvalue weighted by atomic mass is 32.2. The van der Waals surface area contributed by atoms with E-state index in [9.17, 15) is 8.42 Å². The van der Waals surface area contributed by atoms with Gasteiger partial charge in [-0.1, -0.05) is 43.2 Å². The van der Waals surface area contributed by atoms with Crippen molar-refractivity contribution in [2.45, 2.75) is 67.3 Å². The van der Waals surface area contributed by atoms with Crippen LogP contribution in [0.5, 0.6) is 11.5 Å². The number of nitrogens with zero attached hydrogens (tertiary/aromatic N) is 2. The molecule has 0 saturated heterocycles. The molecule has 37 heavy (non-hydrogen) atoms. The van der Waals surface area contributed by atoms with E-state index in [4.69, 9.17) is 14.5 Å². The van der Waals surface area contributed by atoms with Crippen molar-refractivity contribution in [2.75, 3.05) is 27.8 Å². The summed E-state index contributed by atoms with van der Waals surface area (Å²) in [5.74, 6) is 2.25. The largest absolute Gasteiger partial charge is 0.493 e. The van der Waals surface area contributed by atoms with Crippen molar-refractivity contribution in [1.82, 2.24) is 9.62 Å². The van der Waals surface area contributed by atoms with Gasteiger partial charge in [-0.05, 0) is 61.9 Å². The maximum absolute atomic E-state index is 13.3. The number of nitrogens with one attached hydrogen (secondary N) is 1. The summed E-state index contributed by atoms with van der Waals surface area (Å²) in [4.78, 5) is 5.53. The van der Waals surface area contributed by atoms with Gasteiger partial charge in [-0.25, -0.2) is 12.7 Å². The fourth-order valence-electron chi connectivity index (χ4n) is 5.59. The Morgan fingerprint density at radius 3 is 2.49 bits per heavy atom. The summed E-state index contributed by atoms with van der Waals surface area (Å²) in [6.07, 6.45) is 8.55. The van der Waals surface area contributed by atoms with Crippen LogP contribution in [0.15, 0.2) is 71.1 Å². The van der Waals surface area contributed by atoms with Crippen LogP contribution in [0.3, 0.4) is 0 Å². The van der Waals surface area contributed by atoms with Crippen LogP contribution in [0, 0.1) is 0 Å². The fourth-order valence-corrected chi connectivity index (χ4v) is 6.78. The first-order valence-corrected chi connectivity index (χ1v) is 14.5. The first-order chi connectivity index (χ1) is 17.9. The maximum atomic E-state index is 13.3. The average molecular weight is 526 g/mol. The minimum absolute atomic E-state index is 0.262. The molecule has 1 saturated carbocycles. The summed E-state index contributed by atoms with van der Waals surface area (Å²) in [7, 11) is 1.28. The van der Waals surface area contributed by atoms with Crippen LogP contribution in [0.1, 0.15) is 50.5 Å². The minimum atomic E-state index is -3.62. The minimum Gasteiger partial charge on any atom is -0.493 e. The first kappa shape index (κ1) is 27.2. The number of benzene rings is 2. The van der Waals surface area contributed by atoms with E-state index in [2.05, 4.69) is 18.0 Å². The molecule has 1 aliphatic carbocycles. The Labute approximate surface area is 221 Å². The topological polar surface area (TPSA) is 80.2 Å². The van der Waals surface area contributed by atoms with Gasteiger partial charge in [-0.2, -0.15) is 0 Å². The Balaban J connectivity index is 1.75.